The van der Waals surface area contributed by atoms with Crippen molar-refractivity contribution in [2.24, 2.45) is 5.92 Å². The predicted molar refractivity (Wildman–Crippen MR) is 192 cm³/mol. The van der Waals surface area contributed by atoms with Crippen LogP contribution in [-0.2, 0) is 11.3 Å². The highest BCUT2D eigenvalue weighted by Gasteiger charge is 2.28. The lowest BCUT2D eigenvalue weighted by molar-refractivity contribution is 0.0164. The molecule has 0 radical (unpaired) electrons. The van der Waals surface area contributed by atoms with Crippen LogP contribution in [0.1, 0.15) is 52.0 Å². The molecular formula is C38H45ClFN5O5. The molecule has 0 saturated carbocycles. The van der Waals surface area contributed by atoms with Crippen molar-refractivity contribution >= 4 is 40.1 Å². The number of carbonyl (C=O) groups excluding carboxylic acids is 1. The average molecular weight is 706 g/mol. The first kappa shape index (κ1) is 35.5. The number of benzene rings is 3. The summed E-state index contributed by atoms with van der Waals surface area (Å²) in [5.41, 5.74) is 1.58. The largest absolute Gasteiger partial charge is 0.493 e. The van der Waals surface area contributed by atoms with Crippen LogP contribution in [0.25, 0.3) is 10.9 Å². The summed E-state index contributed by atoms with van der Waals surface area (Å²) in [7, 11) is 2.12. The summed E-state index contributed by atoms with van der Waals surface area (Å²) < 4.78 is 38.1. The van der Waals surface area contributed by atoms with E-state index in [0.717, 1.165) is 44.2 Å². The number of nitrogens with zero attached hydrogens (tertiary/aromatic N) is 4. The normalized spacial score (nSPS) is 16.3. The highest BCUT2D eigenvalue weighted by molar-refractivity contribution is 6.32. The number of aromatic nitrogens is 2. The van der Waals surface area contributed by atoms with Crippen molar-refractivity contribution in [3.8, 4) is 17.2 Å². The molecule has 2 fully saturated rings. The van der Waals surface area contributed by atoms with E-state index < -0.39 is 5.60 Å². The Morgan fingerprint density at radius 3 is 2.46 bits per heavy atom. The van der Waals surface area contributed by atoms with E-state index in [-0.39, 0.29) is 24.6 Å². The summed E-state index contributed by atoms with van der Waals surface area (Å²) >= 11 is 6.61. The Kier molecular flexibility index (Phi) is 11.1. The summed E-state index contributed by atoms with van der Waals surface area (Å²) in [5, 5.41) is 4.54. The zero-order valence-electron chi connectivity index (χ0n) is 29.1. The first-order valence-corrected chi connectivity index (χ1v) is 17.6. The molecule has 266 valence electrons. The van der Waals surface area contributed by atoms with Gasteiger partial charge in [0, 0.05) is 44.0 Å². The van der Waals surface area contributed by atoms with Crippen LogP contribution in [-0.4, -0.2) is 77.4 Å². The Labute approximate surface area is 297 Å². The smallest absolute Gasteiger partial charge is 0.410 e. The summed E-state index contributed by atoms with van der Waals surface area (Å²) in [5.74, 6) is 2.36. The van der Waals surface area contributed by atoms with Gasteiger partial charge in [-0.25, -0.2) is 19.2 Å². The van der Waals surface area contributed by atoms with Gasteiger partial charge in [0.05, 0.1) is 22.5 Å². The van der Waals surface area contributed by atoms with Gasteiger partial charge in [0.25, 0.3) is 0 Å². The zero-order valence-corrected chi connectivity index (χ0v) is 29.8. The molecule has 0 atom stereocenters. The quantitative estimate of drug-likeness (QED) is 0.175. The van der Waals surface area contributed by atoms with Crippen molar-refractivity contribution in [2.75, 3.05) is 45.2 Å². The van der Waals surface area contributed by atoms with E-state index in [1.54, 1.807) is 29.2 Å². The molecule has 1 N–H and O–H groups in total. The zero-order chi connectivity index (χ0) is 35.3. The van der Waals surface area contributed by atoms with E-state index >= 15 is 0 Å². The monoisotopic (exact) mass is 705 g/mol. The van der Waals surface area contributed by atoms with Gasteiger partial charge < -0.3 is 34.1 Å². The second kappa shape index (κ2) is 15.7. The lowest BCUT2D eigenvalue weighted by Crippen LogP contribution is -2.42. The number of ether oxygens (including phenoxy) is 4. The van der Waals surface area contributed by atoms with Gasteiger partial charge in [0.1, 0.15) is 53.5 Å². The molecule has 10 nitrogen and oxygen atoms in total. The third-order valence-corrected chi connectivity index (χ3v) is 9.16. The van der Waals surface area contributed by atoms with Gasteiger partial charge in [0.2, 0.25) is 0 Å². The van der Waals surface area contributed by atoms with Crippen molar-refractivity contribution in [1.29, 1.82) is 0 Å². The van der Waals surface area contributed by atoms with E-state index in [2.05, 4.69) is 27.2 Å². The summed E-state index contributed by atoms with van der Waals surface area (Å²) in [4.78, 5) is 25.8. The van der Waals surface area contributed by atoms with Crippen molar-refractivity contribution in [3.05, 3.63) is 77.3 Å². The third kappa shape index (κ3) is 9.45. The number of likely N-dealkylation sites (tertiary alicyclic amines) is 2. The van der Waals surface area contributed by atoms with Crippen molar-refractivity contribution < 1.29 is 28.1 Å². The summed E-state index contributed by atoms with van der Waals surface area (Å²) in [6.07, 6.45) is 4.76. The Morgan fingerprint density at radius 1 is 0.960 bits per heavy atom. The summed E-state index contributed by atoms with van der Waals surface area (Å²) in [6.45, 7) is 9.53. The molecule has 1 amide bonds. The van der Waals surface area contributed by atoms with Crippen LogP contribution in [0.3, 0.4) is 0 Å². The minimum Gasteiger partial charge on any atom is -0.493 e. The third-order valence-electron chi connectivity index (χ3n) is 8.86. The molecule has 50 heavy (non-hydrogen) atoms. The van der Waals surface area contributed by atoms with E-state index in [4.69, 9.17) is 30.5 Å². The highest BCUT2D eigenvalue weighted by Crippen LogP contribution is 2.38. The highest BCUT2D eigenvalue weighted by atomic mass is 35.5. The lowest BCUT2D eigenvalue weighted by Gasteiger charge is -2.33. The number of halogens is 2. The van der Waals surface area contributed by atoms with Gasteiger partial charge in [-0.3, -0.25) is 0 Å². The number of piperidine rings is 2. The number of hydrogen-bond donors (Lipinski definition) is 1. The number of fused-ring (bicyclic) bond motifs is 1. The topological polar surface area (TPSA) is 98.3 Å². The Balaban J connectivity index is 1.17. The lowest BCUT2D eigenvalue weighted by atomic mass is 9.98. The van der Waals surface area contributed by atoms with Crippen LogP contribution >= 0.6 is 11.6 Å². The van der Waals surface area contributed by atoms with Crippen molar-refractivity contribution in [2.45, 2.75) is 64.8 Å². The maximum absolute atomic E-state index is 13.6. The molecular weight excluding hydrogens is 661 g/mol. The molecule has 0 bridgehead atoms. The van der Waals surface area contributed by atoms with Crippen LogP contribution in [0.2, 0.25) is 5.02 Å². The molecule has 3 aromatic carbocycles. The van der Waals surface area contributed by atoms with Crippen LogP contribution < -0.4 is 19.5 Å². The maximum atomic E-state index is 13.6. The first-order valence-electron chi connectivity index (χ1n) is 17.2. The fourth-order valence-corrected chi connectivity index (χ4v) is 6.36. The average Bonchev–Trinajstić information content (AvgIpc) is 3.07. The Hall–Kier alpha value is -4.35. The molecule has 4 aromatic rings. The minimum atomic E-state index is -0.516. The molecule has 0 spiro atoms. The fourth-order valence-electron chi connectivity index (χ4n) is 6.13. The first-order chi connectivity index (χ1) is 24.0. The van der Waals surface area contributed by atoms with Gasteiger partial charge in [0.15, 0.2) is 0 Å². The molecule has 3 heterocycles. The molecule has 2 saturated heterocycles. The molecule has 6 rings (SSSR count). The molecule has 0 aliphatic carbocycles. The van der Waals surface area contributed by atoms with Crippen LogP contribution in [0, 0.1) is 11.7 Å². The van der Waals surface area contributed by atoms with Gasteiger partial charge in [-0.15, -0.1) is 0 Å². The second-order valence-electron chi connectivity index (χ2n) is 14.1. The van der Waals surface area contributed by atoms with Crippen molar-refractivity contribution in [1.82, 2.24) is 19.8 Å². The van der Waals surface area contributed by atoms with E-state index in [0.29, 0.717) is 70.5 Å². The molecule has 1 aromatic heterocycles. The van der Waals surface area contributed by atoms with Gasteiger partial charge in [-0.2, -0.15) is 0 Å². The number of anilines is 2. The van der Waals surface area contributed by atoms with Gasteiger partial charge in [-0.05, 0) is 95.3 Å². The molecule has 2 aliphatic rings. The second-order valence-corrected chi connectivity index (χ2v) is 14.5. The van der Waals surface area contributed by atoms with Crippen LogP contribution in [0.5, 0.6) is 17.2 Å². The van der Waals surface area contributed by atoms with E-state index in [1.807, 2.05) is 39.0 Å². The van der Waals surface area contributed by atoms with Crippen molar-refractivity contribution in [3.63, 3.8) is 0 Å². The standard InChI is InChI=1S/C38H45ClFN5O5/c1-38(2,3)50-37(46)45-16-10-25(11-17-45)22-47-30-20-32-35(34(21-30)49-29-12-14-44(4)15-13-29)36(42-24-41-32)43-28-8-9-33(31(39)19-28)48-23-26-6-5-7-27(40)18-26/h5-9,18-21,24-25,29H,10-17,22-23H2,1-4H3,(H,41,42,43). The molecule has 12 heteroatoms. The predicted octanol–water partition coefficient (Wildman–Crippen LogP) is 8.24. The Morgan fingerprint density at radius 2 is 1.74 bits per heavy atom. The number of amides is 1. The van der Waals surface area contributed by atoms with Crippen LogP contribution in [0.4, 0.5) is 20.7 Å². The number of nitrogens with one attached hydrogen (secondary N) is 1. The summed E-state index contributed by atoms with van der Waals surface area (Å²) in [6, 6.07) is 15.5. The minimum absolute atomic E-state index is 0.0406. The van der Waals surface area contributed by atoms with Gasteiger partial charge in [-0.1, -0.05) is 23.7 Å². The maximum Gasteiger partial charge on any atom is 0.410 e. The van der Waals surface area contributed by atoms with E-state index in [1.165, 1.54) is 18.5 Å². The van der Waals surface area contributed by atoms with Crippen LogP contribution in [0.15, 0.2) is 60.9 Å². The molecule has 2 aliphatic heterocycles. The SMILES string of the molecule is CN1CCC(Oc2cc(OCC3CCN(C(=O)OC(C)(C)C)CC3)cc3ncnc(Nc4ccc(OCc5cccc(F)c5)c(Cl)c4)c23)CC1. The molecule has 0 unspecified atom stereocenters. The Bertz CT molecular complexity index is 1790. The fraction of sp³-hybridized carbons (Fsp3) is 0.447. The number of carbonyl (C=O) groups is 1. The van der Waals surface area contributed by atoms with Gasteiger partial charge >= 0.3 is 6.09 Å². The number of rotatable bonds is 10. The number of hydrogen-bond acceptors (Lipinski definition) is 9. The van der Waals surface area contributed by atoms with E-state index in [9.17, 15) is 9.18 Å².